The van der Waals surface area contributed by atoms with Crippen LogP contribution in [-0.4, -0.2) is 36.2 Å². The molecule has 0 aliphatic rings. The van der Waals surface area contributed by atoms with Crippen LogP contribution in [0.25, 0.3) is 0 Å². The molecule has 2 aromatic rings. The van der Waals surface area contributed by atoms with Crippen molar-refractivity contribution in [3.05, 3.63) is 40.4 Å². The monoisotopic (exact) mass is 457 g/mol. The molecule has 4 N–H and O–H groups in total. The van der Waals surface area contributed by atoms with E-state index >= 15 is 0 Å². The molecule has 2 rings (SSSR count). The van der Waals surface area contributed by atoms with E-state index in [2.05, 4.69) is 4.98 Å². The average Bonchev–Trinajstić information content (AvgIpc) is 2.57. The topological polar surface area (TPSA) is 122 Å². The molecule has 0 fully saturated rings. The number of carbonyl (C=O) groups excluding carboxylic acids is 1. The van der Waals surface area contributed by atoms with Crippen LogP contribution in [0.2, 0.25) is 10.0 Å². The number of halogens is 5. The number of benzene rings is 1. The molecule has 1 aromatic carbocycles. The maximum atomic E-state index is 12.7. The third-order valence-electron chi connectivity index (χ3n) is 3.60. The van der Waals surface area contributed by atoms with Crippen LogP contribution < -0.4 is 11.1 Å². The van der Waals surface area contributed by atoms with E-state index in [1.807, 2.05) is 0 Å². The first-order chi connectivity index (χ1) is 12.7. The minimum atomic E-state index is -5.25. The Morgan fingerprint density at radius 2 is 1.79 bits per heavy atom. The zero-order valence-electron chi connectivity index (χ0n) is 13.9. The van der Waals surface area contributed by atoms with E-state index < -0.39 is 53.2 Å². The maximum Gasteiger partial charge on any atom is 0.426 e. The van der Waals surface area contributed by atoms with Crippen LogP contribution in [-0.2, 0) is 14.6 Å². The highest BCUT2D eigenvalue weighted by atomic mass is 35.5. The lowest BCUT2D eigenvalue weighted by molar-refractivity contribution is -0.242. The third kappa shape index (κ3) is 4.02. The van der Waals surface area contributed by atoms with Gasteiger partial charge in [-0.25, -0.2) is 13.4 Å². The van der Waals surface area contributed by atoms with Gasteiger partial charge in [-0.05, 0) is 31.2 Å². The first-order valence-electron chi connectivity index (χ1n) is 7.25. The number of aromatic nitrogens is 1. The molecule has 13 heteroatoms. The van der Waals surface area contributed by atoms with Crippen molar-refractivity contribution < 1.29 is 31.5 Å². The van der Waals surface area contributed by atoms with Crippen LogP contribution in [0.5, 0.6) is 0 Å². The average molecular weight is 458 g/mol. The molecule has 1 heterocycles. The van der Waals surface area contributed by atoms with Gasteiger partial charge in [-0.15, -0.1) is 0 Å². The standard InChI is InChI=1S/C15H12Cl2F3N3O4S/c1-14(25,15(18,19)20)13(24)22-7-5-6-8(12(17)11(7)16)28(26,27)10-4-2-3-9(21)23-10/h2-6,25H,1H3,(H2,21,23)(H,22,24)/t14-/m1/s1. The van der Waals surface area contributed by atoms with E-state index in [1.54, 1.807) is 5.32 Å². The molecule has 1 atom stereocenters. The molecule has 0 saturated heterocycles. The number of aliphatic hydroxyl groups is 1. The van der Waals surface area contributed by atoms with Gasteiger partial charge in [0.05, 0.1) is 20.6 Å². The first-order valence-corrected chi connectivity index (χ1v) is 9.49. The van der Waals surface area contributed by atoms with E-state index in [4.69, 9.17) is 28.9 Å². The lowest BCUT2D eigenvalue weighted by atomic mass is 10.1. The van der Waals surface area contributed by atoms with Gasteiger partial charge in [0.25, 0.3) is 5.91 Å². The Bertz CT molecular complexity index is 1040. The summed E-state index contributed by atoms with van der Waals surface area (Å²) in [7, 11) is -4.26. The van der Waals surface area contributed by atoms with Gasteiger partial charge in [-0.3, -0.25) is 4.79 Å². The molecule has 0 radical (unpaired) electrons. The summed E-state index contributed by atoms with van der Waals surface area (Å²) < 4.78 is 63.5. The maximum absolute atomic E-state index is 12.7. The number of anilines is 2. The number of carbonyl (C=O) groups is 1. The van der Waals surface area contributed by atoms with Crippen LogP contribution in [0.4, 0.5) is 24.7 Å². The summed E-state index contributed by atoms with van der Waals surface area (Å²) in [5, 5.41) is 9.61. The summed E-state index contributed by atoms with van der Waals surface area (Å²) >= 11 is 11.9. The van der Waals surface area contributed by atoms with E-state index in [-0.39, 0.29) is 12.7 Å². The van der Waals surface area contributed by atoms with Crippen LogP contribution >= 0.6 is 23.2 Å². The van der Waals surface area contributed by atoms with Gasteiger partial charge in [0.1, 0.15) is 5.82 Å². The van der Waals surface area contributed by atoms with Crippen molar-refractivity contribution in [1.29, 1.82) is 0 Å². The van der Waals surface area contributed by atoms with Gasteiger partial charge in [-0.1, -0.05) is 29.3 Å². The van der Waals surface area contributed by atoms with Crippen molar-refractivity contribution in [2.45, 2.75) is 28.6 Å². The highest BCUT2D eigenvalue weighted by Gasteiger charge is 2.55. The molecule has 0 spiro atoms. The van der Waals surface area contributed by atoms with Crippen LogP contribution in [0.1, 0.15) is 6.92 Å². The predicted octanol–water partition coefficient (Wildman–Crippen LogP) is 3.06. The van der Waals surface area contributed by atoms with Gasteiger partial charge in [0, 0.05) is 0 Å². The lowest BCUT2D eigenvalue weighted by Crippen LogP contribution is -2.52. The van der Waals surface area contributed by atoms with E-state index in [0.717, 1.165) is 18.2 Å². The number of alkyl halides is 3. The quantitative estimate of drug-likeness (QED) is 0.648. The molecule has 0 saturated carbocycles. The van der Waals surface area contributed by atoms with Gasteiger partial charge in [-0.2, -0.15) is 13.2 Å². The first kappa shape index (κ1) is 22.2. The summed E-state index contributed by atoms with van der Waals surface area (Å²) in [6, 6.07) is 5.72. The molecule has 0 bridgehead atoms. The second kappa shape index (κ2) is 7.39. The van der Waals surface area contributed by atoms with Crippen LogP contribution in [0, 0.1) is 0 Å². The Kier molecular flexibility index (Phi) is 5.86. The number of pyridine rings is 1. The molecular weight excluding hydrogens is 446 g/mol. The molecule has 1 aromatic heterocycles. The Labute approximate surface area is 167 Å². The van der Waals surface area contributed by atoms with Crippen LogP contribution in [0.3, 0.4) is 0 Å². The number of sulfone groups is 1. The van der Waals surface area contributed by atoms with Crippen LogP contribution in [0.15, 0.2) is 40.3 Å². The number of hydrogen-bond acceptors (Lipinski definition) is 6. The smallest absolute Gasteiger partial charge is 0.384 e. The van der Waals surface area contributed by atoms with Gasteiger partial charge in [0.2, 0.25) is 15.4 Å². The number of nitrogens with zero attached hydrogens (tertiary/aromatic N) is 1. The van der Waals surface area contributed by atoms with E-state index in [1.165, 1.54) is 12.1 Å². The van der Waals surface area contributed by atoms with Crippen molar-refractivity contribution >= 4 is 50.5 Å². The molecular formula is C15H12Cl2F3N3O4S. The fourth-order valence-electron chi connectivity index (χ4n) is 1.90. The predicted molar refractivity (Wildman–Crippen MR) is 95.9 cm³/mol. The normalized spacial score (nSPS) is 14.4. The van der Waals surface area contributed by atoms with Gasteiger partial charge in [0.15, 0.2) is 5.03 Å². The van der Waals surface area contributed by atoms with E-state index in [9.17, 15) is 31.5 Å². The number of nitrogens with one attached hydrogen (secondary N) is 1. The zero-order valence-corrected chi connectivity index (χ0v) is 16.2. The number of rotatable bonds is 4. The molecule has 0 aliphatic carbocycles. The Balaban J connectivity index is 2.45. The summed E-state index contributed by atoms with van der Waals surface area (Å²) in [5.74, 6) is -1.90. The minimum Gasteiger partial charge on any atom is -0.384 e. The molecule has 28 heavy (non-hydrogen) atoms. The van der Waals surface area contributed by atoms with Crippen molar-refractivity contribution in [3.8, 4) is 0 Å². The lowest BCUT2D eigenvalue weighted by Gasteiger charge is -2.25. The Hall–Kier alpha value is -2.08. The van der Waals surface area contributed by atoms with Crippen molar-refractivity contribution in [1.82, 2.24) is 4.98 Å². The van der Waals surface area contributed by atoms with Crippen molar-refractivity contribution in [3.63, 3.8) is 0 Å². The Morgan fingerprint density at radius 1 is 1.18 bits per heavy atom. The molecule has 152 valence electrons. The highest BCUT2D eigenvalue weighted by Crippen LogP contribution is 2.38. The molecule has 0 aliphatic heterocycles. The van der Waals surface area contributed by atoms with Gasteiger partial charge < -0.3 is 16.2 Å². The van der Waals surface area contributed by atoms with Gasteiger partial charge >= 0.3 is 6.18 Å². The second-order valence-corrected chi connectivity index (χ2v) is 8.29. The summed E-state index contributed by atoms with van der Waals surface area (Å²) in [6.45, 7) is 0.252. The fraction of sp³-hybridized carbons (Fsp3) is 0.200. The zero-order chi connectivity index (χ0) is 21.5. The summed E-state index contributed by atoms with van der Waals surface area (Å²) in [4.78, 5) is 14.9. The SMILES string of the molecule is C[C@@](O)(C(=O)Nc1ccc(S(=O)(=O)c2cccc(N)n2)c(Cl)c1Cl)C(F)(F)F. The second-order valence-electron chi connectivity index (χ2n) is 5.67. The molecule has 1 amide bonds. The van der Waals surface area contributed by atoms with E-state index in [0.29, 0.717) is 0 Å². The summed E-state index contributed by atoms with van der Waals surface area (Å²) in [6.07, 6.45) is -5.25. The number of nitrogens with two attached hydrogens (primary N) is 1. The molecule has 7 nitrogen and oxygen atoms in total. The number of hydrogen-bond donors (Lipinski definition) is 3. The molecule has 0 unspecified atom stereocenters. The largest absolute Gasteiger partial charge is 0.426 e. The Morgan fingerprint density at radius 3 is 2.32 bits per heavy atom. The van der Waals surface area contributed by atoms with Crippen molar-refractivity contribution in [2.75, 3.05) is 11.1 Å². The number of amides is 1. The van der Waals surface area contributed by atoms with Crippen molar-refractivity contribution in [2.24, 2.45) is 0 Å². The highest BCUT2D eigenvalue weighted by molar-refractivity contribution is 7.91. The number of nitrogen functional groups attached to an aromatic ring is 1. The minimum absolute atomic E-state index is 0.0680. The summed E-state index contributed by atoms with van der Waals surface area (Å²) in [5.41, 5.74) is 1.32. The third-order valence-corrected chi connectivity index (χ3v) is 6.29. The fourth-order valence-corrected chi connectivity index (χ4v) is 3.93.